The predicted octanol–water partition coefficient (Wildman–Crippen LogP) is 3.42. The van der Waals surface area contributed by atoms with E-state index >= 15 is 0 Å². The van der Waals surface area contributed by atoms with Crippen LogP contribution in [0.2, 0.25) is 0 Å². The molecule has 0 unspecified atom stereocenters. The van der Waals surface area contributed by atoms with Crippen molar-refractivity contribution in [3.63, 3.8) is 0 Å². The maximum atomic E-state index is 13.9. The summed E-state index contributed by atoms with van der Waals surface area (Å²) < 4.78 is 27.3. The molecule has 1 N–H and O–H groups in total. The van der Waals surface area contributed by atoms with E-state index in [4.69, 9.17) is 0 Å². The van der Waals surface area contributed by atoms with Crippen LogP contribution in [0.1, 0.15) is 29.5 Å². The van der Waals surface area contributed by atoms with Gasteiger partial charge in [0.05, 0.1) is 5.41 Å². The first-order valence-electron chi connectivity index (χ1n) is 9.07. The van der Waals surface area contributed by atoms with Crippen molar-refractivity contribution in [1.82, 2.24) is 10.2 Å². The molecule has 0 aliphatic carbocycles. The Morgan fingerprint density at radius 1 is 1.04 bits per heavy atom. The molecule has 2 aliphatic rings. The van der Waals surface area contributed by atoms with Crippen molar-refractivity contribution in [2.24, 2.45) is 5.41 Å². The Morgan fingerprint density at radius 3 is 2.54 bits per heavy atom. The number of amides is 1. The number of nitrogens with zero attached hydrogens (tertiary/aromatic N) is 1. The lowest BCUT2D eigenvalue weighted by molar-refractivity contribution is -0.133. The second-order valence-electron chi connectivity index (χ2n) is 7.42. The van der Waals surface area contributed by atoms with Gasteiger partial charge in [0.2, 0.25) is 5.91 Å². The van der Waals surface area contributed by atoms with Gasteiger partial charge in [0.25, 0.3) is 0 Å². The molecular weight excluding hydrogens is 334 g/mol. The Balaban J connectivity index is 1.48. The third kappa shape index (κ3) is 3.23. The van der Waals surface area contributed by atoms with Crippen molar-refractivity contribution in [3.05, 3.63) is 70.8 Å². The summed E-state index contributed by atoms with van der Waals surface area (Å²) in [6.45, 7) is 2.35. The molecule has 1 saturated heterocycles. The monoisotopic (exact) mass is 356 g/mol. The van der Waals surface area contributed by atoms with E-state index in [1.807, 2.05) is 12.1 Å². The van der Waals surface area contributed by atoms with Gasteiger partial charge in [-0.15, -0.1) is 0 Å². The number of nitrogens with one attached hydrogen (secondary N) is 1. The molecule has 5 heteroatoms. The van der Waals surface area contributed by atoms with E-state index in [0.717, 1.165) is 25.3 Å². The summed E-state index contributed by atoms with van der Waals surface area (Å²) in [4.78, 5) is 14.9. The van der Waals surface area contributed by atoms with Crippen molar-refractivity contribution in [3.8, 4) is 0 Å². The molecule has 26 heavy (non-hydrogen) atoms. The lowest BCUT2D eigenvalue weighted by Gasteiger charge is -2.40. The van der Waals surface area contributed by atoms with Crippen molar-refractivity contribution in [1.29, 1.82) is 0 Å². The van der Waals surface area contributed by atoms with Crippen LogP contribution in [0.4, 0.5) is 8.78 Å². The van der Waals surface area contributed by atoms with E-state index in [0.29, 0.717) is 31.7 Å². The van der Waals surface area contributed by atoms with Gasteiger partial charge in [-0.1, -0.05) is 24.3 Å². The summed E-state index contributed by atoms with van der Waals surface area (Å²) in [5.41, 5.74) is 2.39. The van der Waals surface area contributed by atoms with Crippen LogP contribution in [0.25, 0.3) is 0 Å². The Bertz CT molecular complexity index is 829. The van der Waals surface area contributed by atoms with Crippen molar-refractivity contribution in [2.45, 2.75) is 32.4 Å². The first-order chi connectivity index (χ1) is 12.6. The van der Waals surface area contributed by atoms with E-state index in [2.05, 4.69) is 22.3 Å². The van der Waals surface area contributed by atoms with Gasteiger partial charge in [-0.05, 0) is 61.7 Å². The maximum Gasteiger partial charge on any atom is 0.226 e. The average molecular weight is 356 g/mol. The highest BCUT2D eigenvalue weighted by molar-refractivity contribution is 5.83. The maximum absolute atomic E-state index is 13.9. The van der Waals surface area contributed by atoms with Crippen LogP contribution < -0.4 is 5.32 Å². The highest BCUT2D eigenvalue weighted by Crippen LogP contribution is 2.38. The summed E-state index contributed by atoms with van der Waals surface area (Å²) in [5.74, 6) is -0.687. The van der Waals surface area contributed by atoms with E-state index < -0.39 is 11.2 Å². The zero-order valence-electron chi connectivity index (χ0n) is 14.6. The average Bonchev–Trinajstić information content (AvgIpc) is 2.78. The minimum atomic E-state index is -0.422. The highest BCUT2D eigenvalue weighted by atomic mass is 19.1. The van der Waals surface area contributed by atoms with Crippen LogP contribution in [0, 0.1) is 17.0 Å². The Morgan fingerprint density at radius 2 is 1.77 bits per heavy atom. The summed E-state index contributed by atoms with van der Waals surface area (Å²) in [6.07, 6.45) is 2.20. The second-order valence-corrected chi connectivity index (χ2v) is 7.42. The molecule has 2 aromatic rings. The first kappa shape index (κ1) is 17.2. The van der Waals surface area contributed by atoms with Gasteiger partial charge in [0, 0.05) is 18.7 Å². The van der Waals surface area contributed by atoms with Crippen LogP contribution in [-0.4, -0.2) is 23.9 Å². The summed E-state index contributed by atoms with van der Waals surface area (Å²) in [6, 6.07) is 11.8. The molecule has 2 aromatic carbocycles. The van der Waals surface area contributed by atoms with Crippen molar-refractivity contribution < 1.29 is 13.6 Å². The molecule has 2 heterocycles. The van der Waals surface area contributed by atoms with Crippen molar-refractivity contribution in [2.75, 3.05) is 13.1 Å². The topological polar surface area (TPSA) is 32.3 Å². The molecular formula is C21H22F2N2O. The molecule has 0 bridgehead atoms. The molecule has 1 amide bonds. The van der Waals surface area contributed by atoms with Crippen LogP contribution in [-0.2, 0) is 24.3 Å². The van der Waals surface area contributed by atoms with Gasteiger partial charge in [-0.2, -0.15) is 0 Å². The molecule has 2 aliphatic heterocycles. The molecule has 0 saturated carbocycles. The molecule has 0 radical (unpaired) electrons. The zero-order valence-corrected chi connectivity index (χ0v) is 14.6. The number of halogens is 2. The third-order valence-corrected chi connectivity index (χ3v) is 5.78. The quantitative estimate of drug-likeness (QED) is 0.894. The zero-order chi connectivity index (χ0) is 18.1. The van der Waals surface area contributed by atoms with E-state index in [-0.39, 0.29) is 11.7 Å². The molecule has 136 valence electrons. The lowest BCUT2D eigenvalue weighted by atomic mass is 9.73. The van der Waals surface area contributed by atoms with E-state index in [9.17, 15) is 13.6 Å². The number of fused-ring (bicyclic) bond motifs is 1. The molecule has 1 fully saturated rings. The van der Waals surface area contributed by atoms with Gasteiger partial charge in [0.15, 0.2) is 0 Å². The summed E-state index contributed by atoms with van der Waals surface area (Å²) >= 11 is 0. The first-order valence-corrected chi connectivity index (χ1v) is 9.07. The standard InChI is InChI=1S/C21H22F2N2O/c22-18-5-6-19(23)17(11-18)14-25-9-7-21(8-10-25)12-15-3-1-2-4-16(15)13-24-20(21)26/h1-6,11H,7-10,12-14H2,(H,24,26). The van der Waals surface area contributed by atoms with Crippen LogP contribution in [0.5, 0.6) is 0 Å². The number of hydrogen-bond acceptors (Lipinski definition) is 2. The summed E-state index contributed by atoms with van der Waals surface area (Å²) in [5, 5.41) is 3.08. The normalized spacial score (nSPS) is 19.7. The Kier molecular flexibility index (Phi) is 4.49. The smallest absolute Gasteiger partial charge is 0.226 e. The summed E-state index contributed by atoms with van der Waals surface area (Å²) in [7, 11) is 0. The number of rotatable bonds is 2. The highest BCUT2D eigenvalue weighted by Gasteiger charge is 2.42. The van der Waals surface area contributed by atoms with Gasteiger partial charge >= 0.3 is 0 Å². The fourth-order valence-electron chi connectivity index (χ4n) is 4.16. The number of benzene rings is 2. The van der Waals surface area contributed by atoms with Gasteiger partial charge in [-0.3, -0.25) is 9.69 Å². The van der Waals surface area contributed by atoms with Crippen molar-refractivity contribution >= 4 is 5.91 Å². The third-order valence-electron chi connectivity index (χ3n) is 5.78. The molecule has 3 nitrogen and oxygen atoms in total. The number of hydrogen-bond donors (Lipinski definition) is 1. The van der Waals surface area contributed by atoms with E-state index in [1.165, 1.54) is 23.3 Å². The molecule has 0 aromatic heterocycles. The lowest BCUT2D eigenvalue weighted by Crippen LogP contribution is -2.48. The molecule has 4 rings (SSSR count). The van der Waals surface area contributed by atoms with Crippen LogP contribution in [0.3, 0.4) is 0 Å². The fourth-order valence-corrected chi connectivity index (χ4v) is 4.16. The van der Waals surface area contributed by atoms with Gasteiger partial charge < -0.3 is 5.32 Å². The minimum Gasteiger partial charge on any atom is -0.352 e. The fraction of sp³-hybridized carbons (Fsp3) is 0.381. The molecule has 0 atom stereocenters. The Hall–Kier alpha value is -2.27. The SMILES string of the molecule is O=C1NCc2ccccc2CC12CCN(Cc1cc(F)ccc1F)CC2. The van der Waals surface area contributed by atoms with Gasteiger partial charge in [-0.25, -0.2) is 8.78 Å². The number of carbonyl (C=O) groups is 1. The number of carbonyl (C=O) groups excluding carboxylic acids is 1. The number of likely N-dealkylation sites (tertiary alicyclic amines) is 1. The van der Waals surface area contributed by atoms with Crippen LogP contribution >= 0.6 is 0 Å². The van der Waals surface area contributed by atoms with Gasteiger partial charge in [0.1, 0.15) is 11.6 Å². The largest absolute Gasteiger partial charge is 0.352 e. The van der Waals surface area contributed by atoms with E-state index in [1.54, 1.807) is 0 Å². The minimum absolute atomic E-state index is 0.116. The predicted molar refractivity (Wildman–Crippen MR) is 95.3 cm³/mol. The number of piperidine rings is 1. The van der Waals surface area contributed by atoms with Crippen LogP contribution in [0.15, 0.2) is 42.5 Å². The second kappa shape index (κ2) is 6.80. The molecule has 1 spiro atoms. The Labute approximate surface area is 152 Å².